The molecule has 0 atom stereocenters. The van der Waals surface area contributed by atoms with Crippen molar-refractivity contribution in [1.29, 1.82) is 0 Å². The van der Waals surface area contributed by atoms with E-state index in [1.54, 1.807) is 34.1 Å². The summed E-state index contributed by atoms with van der Waals surface area (Å²) in [7, 11) is 0. The van der Waals surface area contributed by atoms with E-state index in [1.807, 2.05) is 29.6 Å². The van der Waals surface area contributed by atoms with Gasteiger partial charge in [0.1, 0.15) is 0 Å². The standard InChI is InChI=1S/C18H17ClN2O2S/c19-15-6-3-14(4-7-15)5-8-17(22)20-9-11-21(12-10-20)18(23)16-2-1-13-24-16/h1-8,13H,9-12H2/b8-5+. The molecule has 1 aromatic carbocycles. The summed E-state index contributed by atoms with van der Waals surface area (Å²) in [6, 6.07) is 11.0. The second-order valence-corrected chi connectivity index (χ2v) is 6.86. The minimum absolute atomic E-state index is 0.0341. The Morgan fingerprint density at radius 1 is 1.00 bits per heavy atom. The molecule has 3 rings (SSSR count). The van der Waals surface area contributed by atoms with Crippen molar-refractivity contribution in [3.05, 3.63) is 63.3 Å². The van der Waals surface area contributed by atoms with Crippen LogP contribution in [0.25, 0.3) is 6.08 Å². The fourth-order valence-corrected chi connectivity index (χ4v) is 3.35. The predicted molar refractivity (Wildman–Crippen MR) is 97.3 cm³/mol. The third-order valence-electron chi connectivity index (χ3n) is 3.90. The number of nitrogens with zero attached hydrogens (tertiary/aromatic N) is 2. The Bertz CT molecular complexity index is 733. The summed E-state index contributed by atoms with van der Waals surface area (Å²) in [4.78, 5) is 28.9. The zero-order chi connectivity index (χ0) is 16.9. The van der Waals surface area contributed by atoms with Gasteiger partial charge in [-0.05, 0) is 35.2 Å². The predicted octanol–water partition coefficient (Wildman–Crippen LogP) is 3.40. The van der Waals surface area contributed by atoms with Crippen LogP contribution in [0.2, 0.25) is 5.02 Å². The number of rotatable bonds is 3. The third-order valence-corrected chi connectivity index (χ3v) is 5.01. The number of piperazine rings is 1. The Morgan fingerprint density at radius 2 is 1.67 bits per heavy atom. The maximum absolute atomic E-state index is 12.3. The highest BCUT2D eigenvalue weighted by atomic mass is 35.5. The molecular weight excluding hydrogens is 344 g/mol. The molecule has 0 radical (unpaired) electrons. The quantitative estimate of drug-likeness (QED) is 0.787. The highest BCUT2D eigenvalue weighted by Crippen LogP contribution is 2.14. The average Bonchev–Trinajstić information content (AvgIpc) is 3.15. The fraction of sp³-hybridized carbons (Fsp3) is 0.222. The van der Waals surface area contributed by atoms with Crippen LogP contribution in [0, 0.1) is 0 Å². The van der Waals surface area contributed by atoms with Crippen LogP contribution >= 0.6 is 22.9 Å². The molecule has 1 aliphatic heterocycles. The molecule has 1 aliphatic rings. The summed E-state index contributed by atoms with van der Waals surface area (Å²) >= 11 is 7.29. The molecule has 1 saturated heterocycles. The average molecular weight is 361 g/mol. The Kier molecular flexibility index (Phi) is 5.33. The first kappa shape index (κ1) is 16.7. The highest BCUT2D eigenvalue weighted by molar-refractivity contribution is 7.12. The third kappa shape index (κ3) is 4.04. The van der Waals surface area contributed by atoms with Crippen molar-refractivity contribution in [2.75, 3.05) is 26.2 Å². The lowest BCUT2D eigenvalue weighted by atomic mass is 10.2. The van der Waals surface area contributed by atoms with Crippen LogP contribution in [0.5, 0.6) is 0 Å². The van der Waals surface area contributed by atoms with Gasteiger partial charge < -0.3 is 9.80 Å². The Labute approximate surface area is 149 Å². The molecule has 0 aliphatic carbocycles. The van der Waals surface area contributed by atoms with Gasteiger partial charge in [0.25, 0.3) is 5.91 Å². The number of hydrogen-bond acceptors (Lipinski definition) is 3. The number of carbonyl (C=O) groups is 2. The molecular formula is C18H17ClN2O2S. The second kappa shape index (κ2) is 7.64. The normalized spacial score (nSPS) is 15.0. The fourth-order valence-electron chi connectivity index (χ4n) is 2.53. The highest BCUT2D eigenvalue weighted by Gasteiger charge is 2.24. The maximum atomic E-state index is 12.3. The maximum Gasteiger partial charge on any atom is 0.264 e. The van der Waals surface area contributed by atoms with Gasteiger partial charge >= 0.3 is 0 Å². The molecule has 0 spiro atoms. The van der Waals surface area contributed by atoms with E-state index in [0.717, 1.165) is 10.4 Å². The second-order valence-electron chi connectivity index (χ2n) is 5.48. The lowest BCUT2D eigenvalue weighted by Gasteiger charge is -2.34. The minimum Gasteiger partial charge on any atom is -0.336 e. The molecule has 0 bridgehead atoms. The molecule has 24 heavy (non-hydrogen) atoms. The molecule has 2 aromatic rings. The van der Waals surface area contributed by atoms with Crippen molar-refractivity contribution in [3.8, 4) is 0 Å². The lowest BCUT2D eigenvalue weighted by molar-refractivity contribution is -0.127. The van der Waals surface area contributed by atoms with Crippen LogP contribution in [0.3, 0.4) is 0 Å². The molecule has 1 fully saturated rings. The molecule has 0 N–H and O–H groups in total. The van der Waals surface area contributed by atoms with Gasteiger partial charge in [0.05, 0.1) is 4.88 Å². The van der Waals surface area contributed by atoms with Gasteiger partial charge in [-0.1, -0.05) is 29.8 Å². The van der Waals surface area contributed by atoms with Crippen molar-refractivity contribution in [2.45, 2.75) is 0 Å². The summed E-state index contributed by atoms with van der Waals surface area (Å²) in [6.45, 7) is 2.25. The molecule has 6 heteroatoms. The van der Waals surface area contributed by atoms with Crippen molar-refractivity contribution in [2.24, 2.45) is 0 Å². The molecule has 124 valence electrons. The van der Waals surface area contributed by atoms with E-state index in [1.165, 1.54) is 11.3 Å². The van der Waals surface area contributed by atoms with Crippen LogP contribution in [0.15, 0.2) is 47.9 Å². The number of halogens is 1. The Hall–Kier alpha value is -2.11. The van der Waals surface area contributed by atoms with E-state index in [9.17, 15) is 9.59 Å². The summed E-state index contributed by atoms with van der Waals surface area (Å²) < 4.78 is 0. The zero-order valence-corrected chi connectivity index (χ0v) is 14.6. The topological polar surface area (TPSA) is 40.6 Å². The summed E-state index contributed by atoms with van der Waals surface area (Å²) in [6.07, 6.45) is 3.35. The molecule has 0 saturated carbocycles. The monoisotopic (exact) mass is 360 g/mol. The van der Waals surface area contributed by atoms with Gasteiger partial charge in [-0.2, -0.15) is 0 Å². The first-order chi connectivity index (χ1) is 11.6. The first-order valence-corrected chi connectivity index (χ1v) is 8.94. The molecule has 1 aromatic heterocycles. The van der Waals surface area contributed by atoms with E-state index in [-0.39, 0.29) is 11.8 Å². The Balaban J connectivity index is 1.53. The van der Waals surface area contributed by atoms with Crippen LogP contribution in [0.4, 0.5) is 0 Å². The van der Waals surface area contributed by atoms with Gasteiger partial charge in [-0.15, -0.1) is 11.3 Å². The number of hydrogen-bond donors (Lipinski definition) is 0. The molecule has 2 amide bonds. The van der Waals surface area contributed by atoms with Gasteiger partial charge in [-0.3, -0.25) is 9.59 Å². The minimum atomic E-state index is -0.0341. The number of benzene rings is 1. The molecule has 4 nitrogen and oxygen atoms in total. The summed E-state index contributed by atoms with van der Waals surface area (Å²) in [5.41, 5.74) is 0.930. The smallest absolute Gasteiger partial charge is 0.264 e. The van der Waals surface area contributed by atoms with Gasteiger partial charge in [0, 0.05) is 37.3 Å². The van der Waals surface area contributed by atoms with Gasteiger partial charge in [0.2, 0.25) is 5.91 Å². The van der Waals surface area contributed by atoms with Crippen molar-refractivity contribution >= 4 is 40.8 Å². The summed E-state index contributed by atoms with van der Waals surface area (Å²) in [5, 5.41) is 2.57. The van der Waals surface area contributed by atoms with E-state index >= 15 is 0 Å². The SMILES string of the molecule is O=C(/C=C/c1ccc(Cl)cc1)N1CCN(C(=O)c2cccs2)CC1. The van der Waals surface area contributed by atoms with Crippen LogP contribution in [-0.2, 0) is 4.79 Å². The van der Waals surface area contributed by atoms with E-state index in [0.29, 0.717) is 31.2 Å². The zero-order valence-electron chi connectivity index (χ0n) is 13.0. The number of thiophene rings is 1. The summed E-state index contributed by atoms with van der Waals surface area (Å²) in [5.74, 6) is 0.0157. The number of carbonyl (C=O) groups excluding carboxylic acids is 2. The van der Waals surface area contributed by atoms with Crippen LogP contribution in [-0.4, -0.2) is 47.8 Å². The van der Waals surface area contributed by atoms with Gasteiger partial charge in [-0.25, -0.2) is 0 Å². The van der Waals surface area contributed by atoms with E-state index in [4.69, 9.17) is 11.6 Å². The number of amides is 2. The van der Waals surface area contributed by atoms with Crippen LogP contribution < -0.4 is 0 Å². The van der Waals surface area contributed by atoms with Crippen molar-refractivity contribution in [3.63, 3.8) is 0 Å². The molecule has 0 unspecified atom stereocenters. The van der Waals surface area contributed by atoms with Crippen molar-refractivity contribution in [1.82, 2.24) is 9.80 Å². The first-order valence-electron chi connectivity index (χ1n) is 7.69. The van der Waals surface area contributed by atoms with E-state index in [2.05, 4.69) is 0 Å². The lowest BCUT2D eigenvalue weighted by Crippen LogP contribution is -2.50. The van der Waals surface area contributed by atoms with Crippen LogP contribution in [0.1, 0.15) is 15.2 Å². The van der Waals surface area contributed by atoms with Crippen molar-refractivity contribution < 1.29 is 9.59 Å². The largest absolute Gasteiger partial charge is 0.336 e. The molecule has 2 heterocycles. The van der Waals surface area contributed by atoms with E-state index < -0.39 is 0 Å². The van der Waals surface area contributed by atoms with Gasteiger partial charge in [0.15, 0.2) is 0 Å². The Morgan fingerprint density at radius 3 is 2.29 bits per heavy atom.